The highest BCUT2D eigenvalue weighted by atomic mass is 79.9. The Kier molecular flexibility index (Phi) is 2.87. The van der Waals surface area contributed by atoms with Crippen molar-refractivity contribution in [2.75, 3.05) is 0 Å². The summed E-state index contributed by atoms with van der Waals surface area (Å²) in [5.41, 5.74) is 0.977. The Balaban J connectivity index is 1.94. The number of hydrogen-bond acceptors (Lipinski definition) is 3. The monoisotopic (exact) mass is 320 g/mol. The van der Waals surface area contributed by atoms with Crippen molar-refractivity contribution < 1.29 is 14.4 Å². The van der Waals surface area contributed by atoms with E-state index in [0.29, 0.717) is 12.3 Å². The van der Waals surface area contributed by atoms with E-state index in [9.17, 15) is 4.79 Å². The van der Waals surface area contributed by atoms with Crippen LogP contribution in [-0.4, -0.2) is 20.8 Å². The molecule has 0 saturated heterocycles. The van der Waals surface area contributed by atoms with E-state index in [-0.39, 0.29) is 5.69 Å². The average Bonchev–Trinajstić information content (AvgIpc) is 2.97. The van der Waals surface area contributed by atoms with Gasteiger partial charge in [-0.25, -0.2) is 4.79 Å². The molecule has 2 heterocycles. The first-order valence-corrected chi connectivity index (χ1v) is 6.36. The number of halogens is 1. The minimum atomic E-state index is -1.09. The van der Waals surface area contributed by atoms with Gasteiger partial charge in [-0.1, -0.05) is 21.1 Å². The van der Waals surface area contributed by atoms with Crippen LogP contribution in [0.1, 0.15) is 16.2 Å². The Bertz CT molecular complexity index is 760. The van der Waals surface area contributed by atoms with Crippen LogP contribution in [0, 0.1) is 0 Å². The standard InChI is InChI=1S/C13H9BrN2O3/c14-9-1-2-12-8(5-9)3-4-16(12)7-10-6-11(13(17)18)15-19-10/h1-6H,7H2,(H,17,18). The molecule has 1 N–H and O–H groups in total. The number of rotatable bonds is 3. The van der Waals surface area contributed by atoms with E-state index in [1.54, 1.807) is 0 Å². The first kappa shape index (κ1) is 12.0. The van der Waals surface area contributed by atoms with Crippen LogP contribution in [0.2, 0.25) is 0 Å². The Morgan fingerprint density at radius 3 is 2.95 bits per heavy atom. The SMILES string of the molecule is O=C(O)c1cc(Cn2ccc3cc(Br)ccc32)on1. The number of aromatic nitrogens is 2. The average molecular weight is 321 g/mol. The second-order valence-electron chi connectivity index (χ2n) is 4.13. The number of carbonyl (C=O) groups is 1. The van der Waals surface area contributed by atoms with Gasteiger partial charge in [0, 0.05) is 27.6 Å². The molecular formula is C13H9BrN2O3. The molecule has 96 valence electrons. The van der Waals surface area contributed by atoms with Crippen LogP contribution in [0.5, 0.6) is 0 Å². The van der Waals surface area contributed by atoms with Crippen molar-refractivity contribution in [3.05, 3.63) is 52.5 Å². The van der Waals surface area contributed by atoms with Crippen LogP contribution >= 0.6 is 15.9 Å². The molecule has 6 heteroatoms. The van der Waals surface area contributed by atoms with E-state index in [0.717, 1.165) is 15.4 Å². The zero-order valence-electron chi connectivity index (χ0n) is 9.71. The summed E-state index contributed by atoms with van der Waals surface area (Å²) >= 11 is 3.42. The molecule has 3 rings (SSSR count). The lowest BCUT2D eigenvalue weighted by Crippen LogP contribution is -1.97. The third kappa shape index (κ3) is 2.26. The number of hydrogen-bond donors (Lipinski definition) is 1. The lowest BCUT2D eigenvalue weighted by atomic mass is 10.2. The number of fused-ring (bicyclic) bond motifs is 1. The van der Waals surface area contributed by atoms with Crippen LogP contribution < -0.4 is 0 Å². The minimum Gasteiger partial charge on any atom is -0.476 e. The maximum Gasteiger partial charge on any atom is 0.358 e. The molecular weight excluding hydrogens is 312 g/mol. The van der Waals surface area contributed by atoms with Gasteiger partial charge in [-0.2, -0.15) is 0 Å². The normalized spacial score (nSPS) is 11.0. The largest absolute Gasteiger partial charge is 0.476 e. The molecule has 1 aromatic carbocycles. The molecule has 0 spiro atoms. The molecule has 3 aromatic rings. The number of carboxylic acids is 1. The van der Waals surface area contributed by atoms with Crippen molar-refractivity contribution in [1.29, 1.82) is 0 Å². The lowest BCUT2D eigenvalue weighted by Gasteiger charge is -2.02. The molecule has 0 aliphatic rings. The summed E-state index contributed by atoms with van der Waals surface area (Å²) in [6, 6.07) is 9.41. The molecule has 0 bridgehead atoms. The highest BCUT2D eigenvalue weighted by Gasteiger charge is 2.11. The van der Waals surface area contributed by atoms with E-state index in [1.807, 2.05) is 35.0 Å². The number of aromatic carboxylic acids is 1. The highest BCUT2D eigenvalue weighted by Crippen LogP contribution is 2.21. The number of carboxylic acid groups (broad SMARTS) is 1. The quantitative estimate of drug-likeness (QED) is 0.805. The fraction of sp³-hybridized carbons (Fsp3) is 0.0769. The minimum absolute atomic E-state index is 0.0748. The molecule has 0 fully saturated rings. The van der Waals surface area contributed by atoms with E-state index >= 15 is 0 Å². The molecule has 5 nitrogen and oxygen atoms in total. The topological polar surface area (TPSA) is 68.3 Å². The number of benzene rings is 1. The van der Waals surface area contributed by atoms with Crippen LogP contribution in [0.4, 0.5) is 0 Å². The summed E-state index contributed by atoms with van der Waals surface area (Å²) in [5, 5.41) is 13.4. The van der Waals surface area contributed by atoms with Gasteiger partial charge in [-0.3, -0.25) is 0 Å². The zero-order chi connectivity index (χ0) is 13.4. The summed E-state index contributed by atoms with van der Waals surface area (Å²) in [7, 11) is 0. The van der Waals surface area contributed by atoms with Gasteiger partial charge in [0.05, 0.1) is 6.54 Å². The molecule has 2 aromatic heterocycles. The summed E-state index contributed by atoms with van der Waals surface area (Å²) in [4.78, 5) is 10.7. The molecule has 0 amide bonds. The Hall–Kier alpha value is -2.08. The van der Waals surface area contributed by atoms with Crippen molar-refractivity contribution in [3.8, 4) is 0 Å². The third-order valence-corrected chi connectivity index (χ3v) is 3.33. The summed E-state index contributed by atoms with van der Waals surface area (Å²) in [6.07, 6.45) is 1.93. The molecule has 0 saturated carbocycles. The molecule has 19 heavy (non-hydrogen) atoms. The number of nitrogens with zero attached hydrogens (tertiary/aromatic N) is 2. The molecule has 0 atom stereocenters. The second-order valence-corrected chi connectivity index (χ2v) is 5.05. The fourth-order valence-corrected chi connectivity index (χ4v) is 2.34. The Morgan fingerprint density at radius 2 is 2.21 bits per heavy atom. The van der Waals surface area contributed by atoms with Gasteiger partial charge in [0.15, 0.2) is 11.5 Å². The van der Waals surface area contributed by atoms with Crippen molar-refractivity contribution in [3.63, 3.8) is 0 Å². The Labute approximate surface area is 116 Å². The lowest BCUT2D eigenvalue weighted by molar-refractivity contribution is 0.0685. The zero-order valence-corrected chi connectivity index (χ0v) is 11.3. The first-order valence-electron chi connectivity index (χ1n) is 5.57. The van der Waals surface area contributed by atoms with Crippen LogP contribution in [0.15, 0.2) is 45.5 Å². The van der Waals surface area contributed by atoms with E-state index < -0.39 is 5.97 Å². The van der Waals surface area contributed by atoms with E-state index in [4.69, 9.17) is 9.63 Å². The third-order valence-electron chi connectivity index (χ3n) is 2.84. The van der Waals surface area contributed by atoms with Crippen LogP contribution in [0.25, 0.3) is 10.9 Å². The van der Waals surface area contributed by atoms with Gasteiger partial charge in [-0.05, 0) is 24.3 Å². The summed E-state index contributed by atoms with van der Waals surface area (Å²) < 4.78 is 8.01. The van der Waals surface area contributed by atoms with Crippen molar-refractivity contribution in [2.24, 2.45) is 0 Å². The van der Waals surface area contributed by atoms with Crippen molar-refractivity contribution >= 4 is 32.8 Å². The Morgan fingerprint density at radius 1 is 1.37 bits per heavy atom. The fourth-order valence-electron chi connectivity index (χ4n) is 1.97. The van der Waals surface area contributed by atoms with Crippen LogP contribution in [0.3, 0.4) is 0 Å². The predicted molar refractivity (Wildman–Crippen MR) is 72.2 cm³/mol. The van der Waals surface area contributed by atoms with Gasteiger partial charge in [-0.15, -0.1) is 0 Å². The molecule has 0 aliphatic carbocycles. The molecule has 0 unspecified atom stereocenters. The van der Waals surface area contributed by atoms with Crippen LogP contribution in [-0.2, 0) is 6.54 Å². The van der Waals surface area contributed by atoms with Gasteiger partial charge in [0.1, 0.15) is 0 Å². The van der Waals surface area contributed by atoms with Gasteiger partial charge < -0.3 is 14.2 Å². The second kappa shape index (κ2) is 4.55. The maximum absolute atomic E-state index is 10.7. The van der Waals surface area contributed by atoms with Gasteiger partial charge in [0.25, 0.3) is 0 Å². The van der Waals surface area contributed by atoms with Gasteiger partial charge in [0.2, 0.25) is 0 Å². The van der Waals surface area contributed by atoms with Crippen molar-refractivity contribution in [1.82, 2.24) is 9.72 Å². The molecule has 0 aliphatic heterocycles. The molecule has 0 radical (unpaired) electrons. The predicted octanol–water partition coefficient (Wildman–Crippen LogP) is 3.14. The van der Waals surface area contributed by atoms with Crippen molar-refractivity contribution in [2.45, 2.75) is 6.54 Å². The maximum atomic E-state index is 10.7. The summed E-state index contributed by atoms with van der Waals surface area (Å²) in [6.45, 7) is 0.450. The van der Waals surface area contributed by atoms with E-state index in [2.05, 4.69) is 21.1 Å². The van der Waals surface area contributed by atoms with Gasteiger partial charge >= 0.3 is 5.97 Å². The smallest absolute Gasteiger partial charge is 0.358 e. The highest BCUT2D eigenvalue weighted by molar-refractivity contribution is 9.10. The summed E-state index contributed by atoms with van der Waals surface area (Å²) in [5.74, 6) is -0.575. The van der Waals surface area contributed by atoms with E-state index in [1.165, 1.54) is 6.07 Å². The first-order chi connectivity index (χ1) is 9.13.